The maximum Gasteiger partial charge on any atom is 3.00 e. The first-order chi connectivity index (χ1) is 0. The summed E-state index contributed by atoms with van der Waals surface area (Å²) in [6, 6.07) is 0. The van der Waals surface area contributed by atoms with Gasteiger partial charge in [0.15, 0.2) is 0 Å². The van der Waals surface area contributed by atoms with Gasteiger partial charge in [-0.15, -0.1) is 0 Å². The van der Waals surface area contributed by atoms with Crippen LogP contribution in [0.25, 0.3) is 0 Å². The van der Waals surface area contributed by atoms with Crippen LogP contribution in [0.4, 0.5) is 0 Å². The smallest absolute Gasteiger partial charge is 2.00 e. The van der Waals surface area contributed by atoms with E-state index in [0.29, 0.717) is 0 Å². The van der Waals surface area contributed by atoms with E-state index in [-0.39, 0.29) is 184 Å². The van der Waals surface area contributed by atoms with E-state index in [1.807, 2.05) is 0 Å². The van der Waals surface area contributed by atoms with Crippen LogP contribution in [-0.2, 0) is 92.8 Å². The minimum atomic E-state index is 0. The third kappa shape index (κ3) is 63.2. The zero-order valence-electron chi connectivity index (χ0n) is 4.61. The van der Waals surface area contributed by atoms with E-state index < -0.39 is 0 Å². The van der Waals surface area contributed by atoms with E-state index in [1.54, 1.807) is 0 Å². The molecule has 0 aromatic rings. The zero-order valence-corrected chi connectivity index (χ0v) is 17.2. The molecule has 0 radical (unpaired) electrons. The molecule has 0 aliphatic heterocycles. The average molecular weight is 433 g/mol. The second-order valence-electron chi connectivity index (χ2n) is 0. The van der Waals surface area contributed by atoms with Crippen LogP contribution in [0.5, 0.6) is 0 Å². The molecular formula is O5Sr2Y2. The summed E-state index contributed by atoms with van der Waals surface area (Å²) in [4.78, 5) is 0. The van der Waals surface area contributed by atoms with E-state index in [2.05, 4.69) is 0 Å². The van der Waals surface area contributed by atoms with Gasteiger partial charge in [0, 0.05) is 0 Å². The van der Waals surface area contributed by atoms with Gasteiger partial charge in [0.1, 0.15) is 0 Å². The Morgan fingerprint density at radius 3 is 0.333 bits per heavy atom. The topological polar surface area (TPSA) is 142 Å². The van der Waals surface area contributed by atoms with Crippen molar-refractivity contribution in [3.8, 4) is 0 Å². The van der Waals surface area contributed by atoms with E-state index in [0.717, 1.165) is 0 Å². The van der Waals surface area contributed by atoms with Gasteiger partial charge in [-0.1, -0.05) is 0 Å². The molecule has 0 atom stereocenters. The van der Waals surface area contributed by atoms with Crippen molar-refractivity contribution in [1.29, 1.82) is 0 Å². The Balaban J connectivity index is 0. The predicted octanol–water partition coefficient (Wildman–Crippen LogP) is -1.36. The van der Waals surface area contributed by atoms with Crippen molar-refractivity contribution in [3.05, 3.63) is 0 Å². The molecule has 0 spiro atoms. The number of hydrogen-bond acceptors (Lipinski definition) is 0. The molecule has 0 amide bonds. The van der Waals surface area contributed by atoms with Crippen LogP contribution >= 0.6 is 0 Å². The largest absolute Gasteiger partial charge is 3.00 e. The predicted molar refractivity (Wildman–Crippen MR) is 14.9 cm³/mol. The van der Waals surface area contributed by atoms with Crippen LogP contribution in [0.3, 0.4) is 0 Å². The molecular weight excluding hydrogens is 433 g/mol. The summed E-state index contributed by atoms with van der Waals surface area (Å²) in [5, 5.41) is 0. The molecule has 0 fully saturated rings. The van der Waals surface area contributed by atoms with Crippen molar-refractivity contribution in [1.82, 2.24) is 0 Å². The van der Waals surface area contributed by atoms with Gasteiger partial charge in [-0.2, -0.15) is 0 Å². The molecule has 0 aliphatic rings. The summed E-state index contributed by atoms with van der Waals surface area (Å²) in [5.74, 6) is 0. The van der Waals surface area contributed by atoms with Crippen LogP contribution in [0.1, 0.15) is 0 Å². The SMILES string of the molecule is [O-2].[O-2].[O-2].[O-2].[O-2].[Sr+2].[Sr+2].[Y+3].[Y+3]. The van der Waals surface area contributed by atoms with Gasteiger partial charge >= 0.3 is 156 Å². The van der Waals surface area contributed by atoms with Gasteiger partial charge in [-0.25, -0.2) is 0 Å². The van der Waals surface area contributed by atoms with Crippen molar-refractivity contribution in [2.75, 3.05) is 0 Å². The average Bonchev–Trinajstić information content (AvgIpc) is 0. The molecule has 0 bridgehead atoms. The van der Waals surface area contributed by atoms with E-state index in [1.165, 1.54) is 0 Å². The van der Waals surface area contributed by atoms with Crippen LogP contribution in [-0.4, -0.2) is 91.0 Å². The first kappa shape index (κ1) is 95.2. The maximum atomic E-state index is 0. The van der Waals surface area contributed by atoms with Gasteiger partial charge in [0.05, 0.1) is 0 Å². The van der Waals surface area contributed by atoms with Crippen LogP contribution in [0.2, 0.25) is 0 Å². The van der Waals surface area contributed by atoms with Crippen molar-refractivity contribution in [2.45, 2.75) is 0 Å². The minimum absolute atomic E-state index is 0. The first-order valence-electron chi connectivity index (χ1n) is 0. The number of rotatable bonds is 0. The van der Waals surface area contributed by atoms with E-state index >= 15 is 0 Å². The van der Waals surface area contributed by atoms with E-state index in [4.69, 9.17) is 0 Å². The van der Waals surface area contributed by atoms with Gasteiger partial charge in [-0.05, 0) is 0 Å². The molecule has 0 aromatic heterocycles. The van der Waals surface area contributed by atoms with Crippen molar-refractivity contribution in [3.63, 3.8) is 0 Å². The second kappa shape index (κ2) is 75.2. The Morgan fingerprint density at radius 2 is 0.333 bits per heavy atom. The quantitative estimate of drug-likeness (QED) is 0.416. The molecule has 0 aromatic carbocycles. The molecule has 9 heteroatoms. The first-order valence-corrected chi connectivity index (χ1v) is 0. The molecule has 0 aliphatic carbocycles. The van der Waals surface area contributed by atoms with Crippen molar-refractivity contribution < 1.29 is 92.8 Å². The molecule has 0 heterocycles. The Bertz CT molecular complexity index is 12.9. The molecule has 0 rings (SSSR count). The standard InChI is InChI=1S/5O.2Sr.2Y/q5*-2;2*+2;2*+3. The molecule has 0 saturated carbocycles. The third-order valence-electron chi connectivity index (χ3n) is 0. The fourth-order valence-corrected chi connectivity index (χ4v) is 0. The normalized spacial score (nSPS) is 0. The summed E-state index contributed by atoms with van der Waals surface area (Å²) in [5.41, 5.74) is 0. The summed E-state index contributed by atoms with van der Waals surface area (Å²) in [6.07, 6.45) is 0. The Labute approximate surface area is 178 Å². The molecule has 9 heavy (non-hydrogen) atoms. The van der Waals surface area contributed by atoms with Crippen LogP contribution in [0.15, 0.2) is 0 Å². The van der Waals surface area contributed by atoms with Crippen molar-refractivity contribution >= 4 is 91.0 Å². The maximum absolute atomic E-state index is 0. The fourth-order valence-electron chi connectivity index (χ4n) is 0. The molecule has 0 unspecified atom stereocenters. The molecule has 0 N–H and O–H groups in total. The summed E-state index contributed by atoms with van der Waals surface area (Å²) in [6.45, 7) is 0. The second-order valence-corrected chi connectivity index (χ2v) is 0. The van der Waals surface area contributed by atoms with Gasteiger partial charge in [-0.3, -0.25) is 0 Å². The number of hydrogen-bond donors (Lipinski definition) is 0. The van der Waals surface area contributed by atoms with Gasteiger partial charge < -0.3 is 27.4 Å². The monoisotopic (exact) mass is 434 g/mol. The Morgan fingerprint density at radius 1 is 0.333 bits per heavy atom. The van der Waals surface area contributed by atoms with Crippen molar-refractivity contribution in [2.24, 2.45) is 0 Å². The van der Waals surface area contributed by atoms with E-state index in [9.17, 15) is 0 Å². The molecule has 5 nitrogen and oxygen atoms in total. The fraction of sp³-hybridized carbons (Fsp3) is 0. The molecule has 0 saturated heterocycles. The minimum Gasteiger partial charge on any atom is -2.00 e. The van der Waals surface area contributed by atoms with Crippen LogP contribution < -0.4 is 0 Å². The Kier molecular flexibility index (Phi) is 796. The summed E-state index contributed by atoms with van der Waals surface area (Å²) >= 11 is 0. The van der Waals surface area contributed by atoms with Gasteiger partial charge in [0.25, 0.3) is 0 Å². The molecule has 40 valence electrons. The summed E-state index contributed by atoms with van der Waals surface area (Å²) in [7, 11) is 0. The third-order valence-corrected chi connectivity index (χ3v) is 0. The zero-order chi connectivity index (χ0) is 0. The van der Waals surface area contributed by atoms with Gasteiger partial charge in [0.2, 0.25) is 0 Å². The van der Waals surface area contributed by atoms with Crippen LogP contribution in [0, 0.1) is 0 Å². The Hall–Kier alpha value is 4.97. The summed E-state index contributed by atoms with van der Waals surface area (Å²) < 4.78 is 0.